The average molecular weight is 374 g/mol. The largest absolute Gasteiger partial charge is 0.298 e. The van der Waals surface area contributed by atoms with Crippen LogP contribution in [0.25, 0.3) is 11.4 Å². The van der Waals surface area contributed by atoms with Crippen molar-refractivity contribution in [1.29, 1.82) is 0 Å². The fourth-order valence-electron chi connectivity index (χ4n) is 2.04. The maximum atomic E-state index is 12.3. The van der Waals surface area contributed by atoms with Crippen molar-refractivity contribution in [2.45, 2.75) is 0 Å². The van der Waals surface area contributed by atoms with Gasteiger partial charge in [0.25, 0.3) is 5.91 Å². The van der Waals surface area contributed by atoms with Gasteiger partial charge in [-0.05, 0) is 36.4 Å². The standard InChI is InChI=1S/C16H14N4O3S2/c1-25(22,23)20-12-7-5-11(6-8-12)15(21)19-16-18-14(10-24-16)13-4-2-3-9-17-13/h2-10,20H,1H3,(H,18,19,21). The number of benzene rings is 1. The minimum atomic E-state index is -3.35. The van der Waals surface area contributed by atoms with Crippen LogP contribution in [0.2, 0.25) is 0 Å². The molecule has 0 saturated carbocycles. The molecule has 2 heterocycles. The number of nitrogens with zero attached hydrogens (tertiary/aromatic N) is 2. The number of thiazole rings is 1. The minimum absolute atomic E-state index is 0.326. The fraction of sp³-hybridized carbons (Fsp3) is 0.0625. The fourth-order valence-corrected chi connectivity index (χ4v) is 3.30. The van der Waals surface area contributed by atoms with Crippen molar-refractivity contribution in [3.63, 3.8) is 0 Å². The highest BCUT2D eigenvalue weighted by Gasteiger charge is 2.11. The van der Waals surface area contributed by atoms with Gasteiger partial charge in [0.2, 0.25) is 10.0 Å². The van der Waals surface area contributed by atoms with Crippen LogP contribution < -0.4 is 10.0 Å². The van der Waals surface area contributed by atoms with Crippen LogP contribution in [0, 0.1) is 0 Å². The molecule has 0 spiro atoms. The molecular formula is C16H14N4O3S2. The Balaban J connectivity index is 1.69. The topological polar surface area (TPSA) is 101 Å². The third-order valence-corrected chi connectivity index (χ3v) is 4.47. The summed E-state index contributed by atoms with van der Waals surface area (Å²) < 4.78 is 24.7. The van der Waals surface area contributed by atoms with Gasteiger partial charge >= 0.3 is 0 Å². The molecule has 2 aromatic heterocycles. The highest BCUT2D eigenvalue weighted by atomic mass is 32.2. The molecular weight excluding hydrogens is 360 g/mol. The number of aromatic nitrogens is 2. The van der Waals surface area contributed by atoms with Crippen LogP contribution in [0.15, 0.2) is 54.0 Å². The van der Waals surface area contributed by atoms with Crippen LogP contribution in [-0.4, -0.2) is 30.5 Å². The van der Waals surface area contributed by atoms with Crippen molar-refractivity contribution in [3.8, 4) is 11.4 Å². The first kappa shape index (κ1) is 17.1. The zero-order chi connectivity index (χ0) is 17.9. The van der Waals surface area contributed by atoms with Crippen LogP contribution in [0.4, 0.5) is 10.8 Å². The van der Waals surface area contributed by atoms with Crippen molar-refractivity contribution in [1.82, 2.24) is 9.97 Å². The number of pyridine rings is 1. The van der Waals surface area contributed by atoms with Crippen molar-refractivity contribution in [2.75, 3.05) is 16.3 Å². The third-order valence-electron chi connectivity index (χ3n) is 3.10. The monoisotopic (exact) mass is 374 g/mol. The molecule has 0 saturated heterocycles. The SMILES string of the molecule is CS(=O)(=O)Nc1ccc(C(=O)Nc2nc(-c3ccccn3)cs2)cc1. The lowest BCUT2D eigenvalue weighted by Gasteiger charge is -2.05. The van der Waals surface area contributed by atoms with Gasteiger partial charge < -0.3 is 0 Å². The van der Waals surface area contributed by atoms with Gasteiger partial charge in [0.15, 0.2) is 5.13 Å². The molecule has 3 rings (SSSR count). The summed E-state index contributed by atoms with van der Waals surface area (Å²) in [6, 6.07) is 11.7. The number of amides is 1. The van der Waals surface area contributed by atoms with Crippen LogP contribution >= 0.6 is 11.3 Å². The first-order chi connectivity index (χ1) is 11.9. The second-order valence-corrected chi connectivity index (χ2v) is 7.77. The first-order valence-electron chi connectivity index (χ1n) is 7.17. The lowest BCUT2D eigenvalue weighted by molar-refractivity contribution is 0.102. The van der Waals surface area contributed by atoms with E-state index in [0.29, 0.717) is 22.1 Å². The van der Waals surface area contributed by atoms with E-state index in [1.165, 1.54) is 35.6 Å². The molecule has 1 amide bonds. The van der Waals surface area contributed by atoms with Gasteiger partial charge in [0.1, 0.15) is 5.69 Å². The number of sulfonamides is 1. The van der Waals surface area contributed by atoms with E-state index >= 15 is 0 Å². The molecule has 2 N–H and O–H groups in total. The van der Waals surface area contributed by atoms with Gasteiger partial charge in [-0.2, -0.15) is 0 Å². The van der Waals surface area contributed by atoms with E-state index in [-0.39, 0.29) is 5.91 Å². The molecule has 128 valence electrons. The summed E-state index contributed by atoms with van der Waals surface area (Å²) in [5.74, 6) is -0.326. The molecule has 0 fully saturated rings. The Morgan fingerprint density at radius 3 is 2.48 bits per heavy atom. The second kappa shape index (κ2) is 6.99. The summed E-state index contributed by atoms with van der Waals surface area (Å²) in [7, 11) is -3.35. The van der Waals surface area contributed by atoms with Crippen molar-refractivity contribution < 1.29 is 13.2 Å². The van der Waals surface area contributed by atoms with Gasteiger partial charge in [0.05, 0.1) is 11.9 Å². The molecule has 0 bridgehead atoms. The Hall–Kier alpha value is -2.78. The Morgan fingerprint density at radius 2 is 1.84 bits per heavy atom. The van der Waals surface area contributed by atoms with E-state index in [1.54, 1.807) is 6.20 Å². The van der Waals surface area contributed by atoms with E-state index in [2.05, 4.69) is 20.0 Å². The smallest absolute Gasteiger partial charge is 0.257 e. The molecule has 0 radical (unpaired) electrons. The summed E-state index contributed by atoms with van der Waals surface area (Å²) in [5.41, 5.74) is 2.21. The number of hydrogen-bond donors (Lipinski definition) is 2. The lowest BCUT2D eigenvalue weighted by atomic mass is 10.2. The predicted molar refractivity (Wildman–Crippen MR) is 98.2 cm³/mol. The van der Waals surface area contributed by atoms with Crippen molar-refractivity contribution >= 4 is 38.1 Å². The number of rotatable bonds is 5. The quantitative estimate of drug-likeness (QED) is 0.715. The number of hydrogen-bond acceptors (Lipinski definition) is 6. The number of anilines is 2. The summed E-state index contributed by atoms with van der Waals surface area (Å²) in [6.45, 7) is 0. The predicted octanol–water partition coefficient (Wildman–Crippen LogP) is 2.83. The molecule has 0 unspecified atom stereocenters. The number of carbonyl (C=O) groups is 1. The normalized spacial score (nSPS) is 11.1. The van der Waals surface area contributed by atoms with Crippen LogP contribution in [0.5, 0.6) is 0 Å². The third kappa shape index (κ3) is 4.61. The van der Waals surface area contributed by atoms with E-state index in [9.17, 15) is 13.2 Å². The Morgan fingerprint density at radius 1 is 1.08 bits per heavy atom. The molecule has 25 heavy (non-hydrogen) atoms. The maximum absolute atomic E-state index is 12.3. The van der Waals surface area contributed by atoms with Gasteiger partial charge in [-0.25, -0.2) is 13.4 Å². The van der Waals surface area contributed by atoms with Gasteiger partial charge in [-0.15, -0.1) is 11.3 Å². The van der Waals surface area contributed by atoms with Gasteiger partial charge in [-0.3, -0.25) is 19.8 Å². The van der Waals surface area contributed by atoms with Crippen LogP contribution in [-0.2, 0) is 10.0 Å². The van der Waals surface area contributed by atoms with Gasteiger partial charge in [0, 0.05) is 22.8 Å². The maximum Gasteiger partial charge on any atom is 0.257 e. The number of nitrogens with one attached hydrogen (secondary N) is 2. The van der Waals surface area contributed by atoms with Crippen LogP contribution in [0.3, 0.4) is 0 Å². The molecule has 1 aromatic carbocycles. The highest BCUT2D eigenvalue weighted by molar-refractivity contribution is 7.92. The minimum Gasteiger partial charge on any atom is -0.298 e. The Labute approximate surface area is 148 Å². The van der Waals surface area contributed by atoms with E-state index in [4.69, 9.17) is 0 Å². The zero-order valence-electron chi connectivity index (χ0n) is 13.1. The lowest BCUT2D eigenvalue weighted by Crippen LogP contribution is -2.12. The average Bonchev–Trinajstić information content (AvgIpc) is 3.03. The van der Waals surface area contributed by atoms with Crippen LogP contribution in [0.1, 0.15) is 10.4 Å². The molecule has 0 aliphatic heterocycles. The second-order valence-electron chi connectivity index (χ2n) is 5.16. The molecule has 9 heteroatoms. The molecule has 7 nitrogen and oxygen atoms in total. The summed E-state index contributed by atoms with van der Waals surface area (Å²) in [4.78, 5) is 20.8. The van der Waals surface area contributed by atoms with Gasteiger partial charge in [-0.1, -0.05) is 6.07 Å². The zero-order valence-corrected chi connectivity index (χ0v) is 14.8. The first-order valence-corrected chi connectivity index (χ1v) is 9.94. The Kier molecular flexibility index (Phi) is 4.77. The highest BCUT2D eigenvalue weighted by Crippen LogP contribution is 2.23. The van der Waals surface area contributed by atoms with E-state index in [1.807, 2.05) is 23.6 Å². The summed E-state index contributed by atoms with van der Waals surface area (Å²) >= 11 is 1.30. The molecule has 0 aliphatic rings. The Bertz CT molecular complexity index is 984. The molecule has 3 aromatic rings. The summed E-state index contributed by atoms with van der Waals surface area (Å²) in [5, 5.41) is 5.00. The number of carbonyl (C=O) groups excluding carboxylic acids is 1. The molecule has 0 atom stereocenters. The molecule has 0 aliphatic carbocycles. The summed E-state index contributed by atoms with van der Waals surface area (Å²) in [6.07, 6.45) is 2.74. The van der Waals surface area contributed by atoms with E-state index in [0.717, 1.165) is 11.9 Å². The van der Waals surface area contributed by atoms with Crippen molar-refractivity contribution in [2.24, 2.45) is 0 Å². The van der Waals surface area contributed by atoms with Crippen molar-refractivity contribution in [3.05, 3.63) is 59.6 Å². The van der Waals surface area contributed by atoms with E-state index < -0.39 is 10.0 Å².